The Morgan fingerprint density at radius 3 is 2.14 bits per heavy atom. The Morgan fingerprint density at radius 2 is 1.57 bits per heavy atom. The molecule has 1 amide bonds. The minimum atomic E-state index is -1.69. The van der Waals surface area contributed by atoms with E-state index in [0.29, 0.717) is 17.1 Å². The van der Waals surface area contributed by atoms with Gasteiger partial charge in [-0.15, -0.1) is 0 Å². The molecule has 0 radical (unpaired) electrons. The van der Waals surface area contributed by atoms with E-state index in [1.165, 1.54) is 49.5 Å². The molecule has 3 rings (SSSR count). The van der Waals surface area contributed by atoms with Crippen molar-refractivity contribution in [3.8, 4) is 11.5 Å². The fourth-order valence-electron chi connectivity index (χ4n) is 4.24. The number of nitrogens with one attached hydrogen (secondary N) is 1. The number of aliphatic carboxylic acids is 1. The van der Waals surface area contributed by atoms with Crippen LogP contribution in [0.5, 0.6) is 11.5 Å². The highest BCUT2D eigenvalue weighted by Crippen LogP contribution is 2.31. The lowest BCUT2D eigenvalue weighted by Gasteiger charge is -2.31. The molecule has 11 heteroatoms. The predicted molar refractivity (Wildman–Crippen MR) is 154 cm³/mol. The molecule has 0 fully saturated rings. The zero-order chi connectivity index (χ0) is 31.0. The Kier molecular flexibility index (Phi) is 10.1. The second kappa shape index (κ2) is 13.5. The molecule has 3 aromatic rings. The van der Waals surface area contributed by atoms with Crippen molar-refractivity contribution in [2.24, 2.45) is 0 Å². The number of methoxy groups -OCH3 is 2. The van der Waals surface area contributed by atoms with Crippen LogP contribution < -0.4 is 19.7 Å². The summed E-state index contributed by atoms with van der Waals surface area (Å²) in [5.41, 5.74) is 0.247. The van der Waals surface area contributed by atoms with Gasteiger partial charge in [0.15, 0.2) is 11.8 Å². The standard InChI is InChI=1S/C31H34N2O9/c1-31(2,3)42-30(39)32-17-21-15-22(12-14-24(21)28(35)36)33(18-20-11-13-23(40-4)16-25(20)41-5)26(29(37)38)27(34)19-9-7-6-8-10-19/h6-16,26H,17-18H2,1-5H3,(H,32,39)(H,35,36)(H,37,38)/t26-/m0/s1. The summed E-state index contributed by atoms with van der Waals surface area (Å²) in [6.45, 7) is 4.74. The van der Waals surface area contributed by atoms with Crippen LogP contribution in [0.4, 0.5) is 10.5 Å². The molecule has 0 aliphatic rings. The van der Waals surface area contributed by atoms with Crippen LogP contribution in [-0.2, 0) is 22.6 Å². The maximum absolute atomic E-state index is 13.6. The zero-order valence-corrected chi connectivity index (χ0v) is 24.0. The van der Waals surface area contributed by atoms with Crippen LogP contribution in [0.3, 0.4) is 0 Å². The van der Waals surface area contributed by atoms with E-state index in [4.69, 9.17) is 14.2 Å². The van der Waals surface area contributed by atoms with Gasteiger partial charge in [-0.1, -0.05) is 30.3 Å². The zero-order valence-electron chi connectivity index (χ0n) is 24.0. The van der Waals surface area contributed by atoms with Crippen molar-refractivity contribution in [1.29, 1.82) is 0 Å². The number of alkyl carbamates (subject to hydrolysis) is 1. The molecule has 3 aromatic carbocycles. The first-order chi connectivity index (χ1) is 19.8. The molecule has 0 aliphatic carbocycles. The summed E-state index contributed by atoms with van der Waals surface area (Å²) in [5.74, 6) is -2.43. The first-order valence-corrected chi connectivity index (χ1v) is 13.0. The quantitative estimate of drug-likeness (QED) is 0.202. The number of benzene rings is 3. The Balaban J connectivity index is 2.14. The molecule has 0 aliphatic heterocycles. The first-order valence-electron chi connectivity index (χ1n) is 13.0. The van der Waals surface area contributed by atoms with Crippen LogP contribution in [0.1, 0.15) is 52.6 Å². The summed E-state index contributed by atoms with van der Waals surface area (Å²) in [5, 5.41) is 22.7. The van der Waals surface area contributed by atoms with E-state index in [0.717, 1.165) is 0 Å². The molecular weight excluding hydrogens is 544 g/mol. The third kappa shape index (κ3) is 8.00. The van der Waals surface area contributed by atoms with Crippen LogP contribution in [0, 0.1) is 0 Å². The molecule has 42 heavy (non-hydrogen) atoms. The van der Waals surface area contributed by atoms with E-state index in [1.54, 1.807) is 57.2 Å². The number of carboxylic acids is 2. The molecule has 0 saturated heterocycles. The maximum Gasteiger partial charge on any atom is 0.407 e. The predicted octanol–water partition coefficient (Wildman–Crippen LogP) is 4.77. The van der Waals surface area contributed by atoms with Crippen molar-refractivity contribution in [3.63, 3.8) is 0 Å². The van der Waals surface area contributed by atoms with E-state index in [-0.39, 0.29) is 35.5 Å². The monoisotopic (exact) mass is 578 g/mol. The molecule has 0 bridgehead atoms. The number of ketones is 1. The second-order valence-electron chi connectivity index (χ2n) is 10.3. The summed E-state index contributed by atoms with van der Waals surface area (Å²) in [4.78, 5) is 52.0. The van der Waals surface area contributed by atoms with Crippen LogP contribution in [-0.4, -0.2) is 59.9 Å². The fraction of sp³-hybridized carbons (Fsp3) is 0.290. The molecule has 222 valence electrons. The van der Waals surface area contributed by atoms with Gasteiger partial charge in [0.25, 0.3) is 0 Å². The molecule has 0 aromatic heterocycles. The van der Waals surface area contributed by atoms with Crippen molar-refractivity contribution in [3.05, 3.63) is 89.0 Å². The van der Waals surface area contributed by atoms with Crippen LogP contribution in [0.2, 0.25) is 0 Å². The lowest BCUT2D eigenvalue weighted by molar-refractivity contribution is -0.137. The summed E-state index contributed by atoms with van der Waals surface area (Å²) < 4.78 is 16.0. The number of aromatic carboxylic acids is 1. The summed E-state index contributed by atoms with van der Waals surface area (Å²) >= 11 is 0. The minimum absolute atomic E-state index is 0.103. The number of carbonyl (C=O) groups is 4. The van der Waals surface area contributed by atoms with Gasteiger partial charge in [-0.05, 0) is 56.7 Å². The van der Waals surface area contributed by atoms with Gasteiger partial charge in [0, 0.05) is 36.0 Å². The highest BCUT2D eigenvalue weighted by molar-refractivity contribution is 6.14. The molecule has 0 saturated carbocycles. The number of rotatable bonds is 12. The van der Waals surface area contributed by atoms with Gasteiger partial charge >= 0.3 is 18.0 Å². The van der Waals surface area contributed by atoms with Crippen molar-refractivity contribution < 1.29 is 43.6 Å². The van der Waals surface area contributed by atoms with E-state index >= 15 is 0 Å². The van der Waals surface area contributed by atoms with E-state index < -0.39 is 35.5 Å². The number of anilines is 1. The van der Waals surface area contributed by atoms with Crippen LogP contribution >= 0.6 is 0 Å². The number of amides is 1. The largest absolute Gasteiger partial charge is 0.497 e. The highest BCUT2D eigenvalue weighted by Gasteiger charge is 2.35. The SMILES string of the molecule is COc1ccc(CN(c2ccc(C(=O)O)c(CNC(=O)OC(C)(C)C)c2)[C@H](C(=O)O)C(=O)c2ccccc2)c(OC)c1. The lowest BCUT2D eigenvalue weighted by Crippen LogP contribution is -2.47. The average molecular weight is 579 g/mol. The number of carbonyl (C=O) groups excluding carboxylic acids is 2. The molecular formula is C31H34N2O9. The number of ether oxygens (including phenoxy) is 3. The highest BCUT2D eigenvalue weighted by atomic mass is 16.6. The van der Waals surface area contributed by atoms with E-state index in [2.05, 4.69) is 5.32 Å². The number of carboxylic acid groups (broad SMARTS) is 2. The first kappa shape index (κ1) is 31.5. The summed E-state index contributed by atoms with van der Waals surface area (Å²) in [6, 6.07) is 15.5. The number of hydrogen-bond donors (Lipinski definition) is 3. The van der Waals surface area contributed by atoms with Gasteiger partial charge in [0.2, 0.25) is 0 Å². The van der Waals surface area contributed by atoms with Crippen molar-refractivity contribution in [2.75, 3.05) is 19.1 Å². The second-order valence-corrected chi connectivity index (χ2v) is 10.3. The van der Waals surface area contributed by atoms with Gasteiger partial charge in [0.1, 0.15) is 17.1 Å². The van der Waals surface area contributed by atoms with Crippen molar-refractivity contribution in [2.45, 2.75) is 45.5 Å². The normalized spacial score (nSPS) is 11.6. The van der Waals surface area contributed by atoms with Gasteiger partial charge in [0.05, 0.1) is 19.8 Å². The van der Waals surface area contributed by atoms with Crippen molar-refractivity contribution in [1.82, 2.24) is 5.32 Å². The Bertz CT molecular complexity index is 1450. The third-order valence-corrected chi connectivity index (χ3v) is 6.16. The summed E-state index contributed by atoms with van der Waals surface area (Å²) in [6.07, 6.45) is -0.758. The molecule has 3 N–H and O–H groups in total. The van der Waals surface area contributed by atoms with Crippen LogP contribution in [0.25, 0.3) is 0 Å². The Labute approximate surface area is 243 Å². The molecule has 0 unspecified atom stereocenters. The smallest absolute Gasteiger partial charge is 0.407 e. The Morgan fingerprint density at radius 1 is 0.881 bits per heavy atom. The number of nitrogens with zero attached hydrogens (tertiary/aromatic N) is 1. The van der Waals surface area contributed by atoms with Gasteiger partial charge in [-0.2, -0.15) is 0 Å². The number of Topliss-reactive ketones (excluding diaryl/α,β-unsaturated/α-hetero) is 1. The Hall–Kier alpha value is -5.06. The van der Waals surface area contributed by atoms with E-state index in [9.17, 15) is 29.4 Å². The van der Waals surface area contributed by atoms with Gasteiger partial charge < -0.3 is 34.6 Å². The lowest BCUT2D eigenvalue weighted by atomic mass is 9.99. The molecule has 11 nitrogen and oxygen atoms in total. The average Bonchev–Trinajstić information content (AvgIpc) is 2.94. The summed E-state index contributed by atoms with van der Waals surface area (Å²) in [7, 11) is 2.95. The fourth-order valence-corrected chi connectivity index (χ4v) is 4.24. The molecule has 0 spiro atoms. The third-order valence-electron chi connectivity index (χ3n) is 6.16. The van der Waals surface area contributed by atoms with E-state index in [1.807, 2.05) is 0 Å². The molecule has 0 heterocycles. The topological polar surface area (TPSA) is 152 Å². The van der Waals surface area contributed by atoms with Crippen LogP contribution in [0.15, 0.2) is 66.7 Å². The minimum Gasteiger partial charge on any atom is -0.497 e. The maximum atomic E-state index is 13.6. The molecule has 1 atom stereocenters. The van der Waals surface area contributed by atoms with Gasteiger partial charge in [-0.25, -0.2) is 14.4 Å². The van der Waals surface area contributed by atoms with Gasteiger partial charge in [-0.3, -0.25) is 4.79 Å². The van der Waals surface area contributed by atoms with Crippen molar-refractivity contribution >= 4 is 29.5 Å². The number of hydrogen-bond acceptors (Lipinski definition) is 8.